The Kier molecular flexibility index (Phi) is 9.20. The van der Waals surface area contributed by atoms with Crippen LogP contribution in [0, 0.1) is 16.6 Å². The molecule has 4 rings (SSSR count). The molecule has 3 N–H and O–H groups in total. The quantitative estimate of drug-likeness (QED) is 0.132. The van der Waals surface area contributed by atoms with Crippen molar-refractivity contribution in [3.63, 3.8) is 0 Å². The molecule has 0 atom stereocenters. The van der Waals surface area contributed by atoms with Gasteiger partial charge in [0.05, 0.1) is 10.4 Å². The van der Waals surface area contributed by atoms with E-state index in [9.17, 15) is 19.1 Å². The van der Waals surface area contributed by atoms with Crippen molar-refractivity contribution in [3.8, 4) is 0 Å². The SMILES string of the molecule is C=NN(/C(C)=C\C)/C(=C\C(=C)C(=C)NCc1ccc(F)c(Cl)c1)C(=O)NCC12CCC(C(=O)O)(CC1)CC2. The van der Waals surface area contributed by atoms with Gasteiger partial charge in [0.2, 0.25) is 0 Å². The van der Waals surface area contributed by atoms with Crippen LogP contribution < -0.4 is 10.6 Å². The van der Waals surface area contributed by atoms with Crippen molar-refractivity contribution in [3.05, 3.63) is 82.6 Å². The summed E-state index contributed by atoms with van der Waals surface area (Å²) in [4.78, 5) is 25.2. The molecule has 38 heavy (non-hydrogen) atoms. The van der Waals surface area contributed by atoms with Gasteiger partial charge in [-0.1, -0.05) is 36.9 Å². The third-order valence-corrected chi connectivity index (χ3v) is 8.31. The minimum absolute atomic E-state index is 0.0335. The van der Waals surface area contributed by atoms with Crippen LogP contribution in [-0.2, 0) is 16.1 Å². The molecular formula is C29H36ClFN4O3. The third-order valence-electron chi connectivity index (χ3n) is 8.02. The van der Waals surface area contributed by atoms with Gasteiger partial charge in [-0.2, -0.15) is 5.10 Å². The van der Waals surface area contributed by atoms with Gasteiger partial charge in [-0.15, -0.1) is 0 Å². The number of hydrogen-bond acceptors (Lipinski definition) is 5. The smallest absolute Gasteiger partial charge is 0.309 e. The van der Waals surface area contributed by atoms with Gasteiger partial charge in [0.15, 0.2) is 0 Å². The number of nitrogens with one attached hydrogen (secondary N) is 2. The highest BCUT2D eigenvalue weighted by Crippen LogP contribution is 2.56. The number of hydrogen-bond donors (Lipinski definition) is 3. The van der Waals surface area contributed by atoms with E-state index in [0.717, 1.165) is 24.8 Å². The van der Waals surface area contributed by atoms with Crippen molar-refractivity contribution in [1.29, 1.82) is 0 Å². The van der Waals surface area contributed by atoms with E-state index in [2.05, 4.69) is 35.6 Å². The highest BCUT2D eigenvalue weighted by atomic mass is 35.5. The summed E-state index contributed by atoms with van der Waals surface area (Å²) in [5, 5.41) is 21.4. The highest BCUT2D eigenvalue weighted by Gasteiger charge is 2.52. The molecule has 9 heteroatoms. The maximum absolute atomic E-state index is 13.5. The summed E-state index contributed by atoms with van der Waals surface area (Å²) in [6, 6.07) is 4.45. The second-order valence-corrected chi connectivity index (χ2v) is 10.7. The topological polar surface area (TPSA) is 94.0 Å². The van der Waals surface area contributed by atoms with Crippen molar-refractivity contribution in [2.24, 2.45) is 15.9 Å². The van der Waals surface area contributed by atoms with Crippen LogP contribution in [0.25, 0.3) is 0 Å². The van der Waals surface area contributed by atoms with E-state index in [1.807, 2.05) is 19.9 Å². The summed E-state index contributed by atoms with van der Waals surface area (Å²) in [6.45, 7) is 16.2. The van der Waals surface area contributed by atoms with Gasteiger partial charge in [-0.3, -0.25) is 9.59 Å². The van der Waals surface area contributed by atoms with Crippen LogP contribution in [0.15, 0.2) is 71.3 Å². The molecule has 1 amide bonds. The Hall–Kier alpha value is -3.39. The zero-order valence-corrected chi connectivity index (χ0v) is 22.8. The zero-order valence-electron chi connectivity index (χ0n) is 22.1. The van der Waals surface area contributed by atoms with E-state index in [1.54, 1.807) is 12.1 Å². The van der Waals surface area contributed by atoms with Crippen LogP contribution in [0.1, 0.15) is 57.9 Å². The molecule has 3 aliphatic rings. The molecular weight excluding hydrogens is 507 g/mol. The predicted molar refractivity (Wildman–Crippen MR) is 149 cm³/mol. The monoisotopic (exact) mass is 542 g/mol. The number of carboxylic acids is 1. The number of carboxylic acid groups (broad SMARTS) is 1. The molecule has 0 saturated heterocycles. The first-order valence-electron chi connectivity index (χ1n) is 12.6. The first-order valence-corrected chi connectivity index (χ1v) is 13.0. The van der Waals surface area contributed by atoms with Gasteiger partial charge in [-0.05, 0) is 87.1 Å². The van der Waals surface area contributed by atoms with Gasteiger partial charge in [-0.25, -0.2) is 9.40 Å². The molecule has 0 radical (unpaired) electrons. The van der Waals surface area contributed by atoms with E-state index in [0.29, 0.717) is 49.3 Å². The Bertz CT molecular complexity index is 1180. The molecule has 0 unspecified atom stereocenters. The van der Waals surface area contributed by atoms with Gasteiger partial charge >= 0.3 is 5.97 Å². The normalized spacial score (nSPS) is 22.9. The molecule has 7 nitrogen and oxygen atoms in total. The molecule has 3 aliphatic carbocycles. The second kappa shape index (κ2) is 12.0. The molecule has 3 saturated carbocycles. The lowest BCUT2D eigenvalue weighted by Gasteiger charge is -2.51. The Morgan fingerprint density at radius 1 is 1.18 bits per heavy atom. The molecule has 0 heterocycles. The fourth-order valence-corrected chi connectivity index (χ4v) is 5.36. The predicted octanol–water partition coefficient (Wildman–Crippen LogP) is 5.91. The third kappa shape index (κ3) is 6.35. The van der Waals surface area contributed by atoms with Gasteiger partial charge in [0, 0.05) is 31.2 Å². The Balaban J connectivity index is 1.72. The number of benzene rings is 1. The minimum Gasteiger partial charge on any atom is -0.481 e. The molecule has 0 aliphatic heterocycles. The van der Waals surface area contributed by atoms with Crippen LogP contribution in [0.4, 0.5) is 4.39 Å². The first kappa shape index (κ1) is 29.2. The zero-order chi connectivity index (χ0) is 28.1. The van der Waals surface area contributed by atoms with Crippen molar-refractivity contribution < 1.29 is 19.1 Å². The van der Waals surface area contributed by atoms with Crippen LogP contribution in [0.3, 0.4) is 0 Å². The largest absolute Gasteiger partial charge is 0.481 e. The average molecular weight is 543 g/mol. The molecule has 2 bridgehead atoms. The summed E-state index contributed by atoms with van der Waals surface area (Å²) in [5.74, 6) is -1.53. The fraction of sp³-hybridized carbons (Fsp3) is 0.414. The van der Waals surface area contributed by atoms with Crippen molar-refractivity contribution in [2.45, 2.75) is 58.9 Å². The number of halogens is 2. The maximum atomic E-state index is 13.5. The minimum atomic E-state index is -0.704. The molecule has 0 spiro atoms. The lowest BCUT2D eigenvalue weighted by Crippen LogP contribution is -2.50. The summed E-state index contributed by atoms with van der Waals surface area (Å²) in [5.41, 5.74) is 1.93. The molecule has 204 valence electrons. The van der Waals surface area contributed by atoms with Crippen molar-refractivity contribution >= 4 is 30.2 Å². The van der Waals surface area contributed by atoms with Crippen molar-refractivity contribution in [1.82, 2.24) is 15.6 Å². The molecule has 0 aromatic heterocycles. The number of hydrazone groups is 1. The van der Waals surface area contributed by atoms with Crippen LogP contribution in [0.2, 0.25) is 5.02 Å². The van der Waals surface area contributed by atoms with E-state index < -0.39 is 17.2 Å². The summed E-state index contributed by atoms with van der Waals surface area (Å²) >= 11 is 5.87. The molecule has 3 fully saturated rings. The fourth-order valence-electron chi connectivity index (χ4n) is 5.15. The molecule has 1 aromatic carbocycles. The van der Waals surface area contributed by atoms with E-state index in [-0.39, 0.29) is 22.0 Å². The number of aliphatic carboxylic acids is 1. The van der Waals surface area contributed by atoms with E-state index in [1.165, 1.54) is 17.1 Å². The lowest BCUT2D eigenvalue weighted by molar-refractivity contribution is -0.159. The summed E-state index contributed by atoms with van der Waals surface area (Å²) < 4.78 is 13.5. The number of carbonyl (C=O) groups is 2. The average Bonchev–Trinajstić information content (AvgIpc) is 2.92. The second-order valence-electron chi connectivity index (χ2n) is 10.3. The first-order chi connectivity index (χ1) is 18.0. The molecule has 1 aromatic rings. The number of amides is 1. The number of allylic oxidation sites excluding steroid dienone is 3. The van der Waals surface area contributed by atoms with E-state index in [4.69, 9.17) is 11.6 Å². The van der Waals surface area contributed by atoms with Gasteiger partial charge in [0.25, 0.3) is 5.91 Å². The van der Waals surface area contributed by atoms with Crippen LogP contribution in [0.5, 0.6) is 0 Å². The van der Waals surface area contributed by atoms with Gasteiger partial charge < -0.3 is 15.7 Å². The van der Waals surface area contributed by atoms with Crippen LogP contribution in [-0.4, -0.2) is 35.3 Å². The Labute approximate surface area is 228 Å². The summed E-state index contributed by atoms with van der Waals surface area (Å²) in [7, 11) is 0. The lowest BCUT2D eigenvalue weighted by atomic mass is 9.53. The van der Waals surface area contributed by atoms with Crippen molar-refractivity contribution in [2.75, 3.05) is 6.54 Å². The Morgan fingerprint density at radius 2 is 1.82 bits per heavy atom. The van der Waals surface area contributed by atoms with Crippen LogP contribution >= 0.6 is 11.6 Å². The Morgan fingerprint density at radius 3 is 2.34 bits per heavy atom. The number of rotatable bonds is 12. The highest BCUT2D eigenvalue weighted by molar-refractivity contribution is 6.30. The van der Waals surface area contributed by atoms with E-state index >= 15 is 0 Å². The van der Waals surface area contributed by atoms with Gasteiger partial charge in [0.1, 0.15) is 11.5 Å². The number of fused-ring (bicyclic) bond motifs is 3. The summed E-state index contributed by atoms with van der Waals surface area (Å²) in [6.07, 6.45) is 7.65. The number of carbonyl (C=O) groups excluding carboxylic acids is 1. The standard InChI is InChI=1S/C29H36ClFN4O3/c1-6-20(3)35(32-5)25(15-19(2)21(4)33-17-22-7-8-24(31)23(30)16-22)26(36)34-18-28-9-12-29(13-10-28,14-11-28)27(37)38/h6-8,15-16,33H,2,4-5,9-14,17-18H2,1,3H3,(H,34,36)(H,37,38)/b20-6-,25-15-. The maximum Gasteiger partial charge on any atom is 0.309 e. The number of nitrogens with zero attached hydrogens (tertiary/aromatic N) is 2.